The van der Waals surface area contributed by atoms with Gasteiger partial charge in [0.25, 0.3) is 0 Å². The van der Waals surface area contributed by atoms with E-state index in [1.54, 1.807) is 18.2 Å². The number of ether oxygens (including phenoxy) is 3. The molecule has 126 valence electrons. The number of para-hydroxylation sites is 1. The summed E-state index contributed by atoms with van der Waals surface area (Å²) in [6, 6.07) is 4.34. The molecule has 6 nitrogen and oxygen atoms in total. The predicted molar refractivity (Wildman–Crippen MR) is 89.2 cm³/mol. The Hall–Kier alpha value is -1.05. The molecule has 1 aromatic rings. The summed E-state index contributed by atoms with van der Waals surface area (Å²) in [6.07, 6.45) is 0. The van der Waals surface area contributed by atoms with Crippen molar-refractivity contribution in [2.75, 3.05) is 38.9 Å². The monoisotopic (exact) mass is 352 g/mol. The second-order valence-electron chi connectivity index (χ2n) is 4.21. The highest BCUT2D eigenvalue weighted by atomic mass is 35.5. The molecule has 0 saturated heterocycles. The number of benzene rings is 1. The van der Waals surface area contributed by atoms with Crippen molar-refractivity contribution >= 4 is 35.6 Å². The zero-order valence-electron chi connectivity index (χ0n) is 12.6. The van der Waals surface area contributed by atoms with E-state index in [2.05, 4.69) is 5.32 Å². The normalized spacial score (nSPS) is 11.5. The molecule has 0 aliphatic rings. The van der Waals surface area contributed by atoms with Crippen molar-refractivity contribution in [3.8, 4) is 5.75 Å². The smallest absolute Gasteiger partial charge is 0.243 e. The minimum atomic E-state index is -0.759. The lowest BCUT2D eigenvalue weighted by Crippen LogP contribution is -2.39. The Balaban J connectivity index is 0.00000441. The fraction of sp³-hybridized carbons (Fsp3) is 0.500. The van der Waals surface area contributed by atoms with Gasteiger partial charge in [0.15, 0.2) is 5.75 Å². The van der Waals surface area contributed by atoms with Crippen LogP contribution in [0.4, 0.5) is 5.69 Å². The second-order valence-corrected chi connectivity index (χ2v) is 4.62. The van der Waals surface area contributed by atoms with E-state index in [9.17, 15) is 4.79 Å². The molecule has 0 radical (unpaired) electrons. The number of nitrogens with two attached hydrogens (primary N) is 1. The molecule has 0 aliphatic heterocycles. The van der Waals surface area contributed by atoms with E-state index < -0.39 is 6.04 Å². The number of halogens is 2. The van der Waals surface area contributed by atoms with E-state index in [1.165, 1.54) is 7.11 Å². The maximum atomic E-state index is 11.9. The van der Waals surface area contributed by atoms with Gasteiger partial charge in [-0.3, -0.25) is 4.79 Å². The summed E-state index contributed by atoms with van der Waals surface area (Å²) >= 11 is 6.09. The maximum absolute atomic E-state index is 11.9. The van der Waals surface area contributed by atoms with Crippen molar-refractivity contribution in [1.29, 1.82) is 0 Å². The zero-order valence-corrected chi connectivity index (χ0v) is 14.2. The van der Waals surface area contributed by atoms with Gasteiger partial charge in [0.2, 0.25) is 5.91 Å². The van der Waals surface area contributed by atoms with Gasteiger partial charge < -0.3 is 25.3 Å². The van der Waals surface area contributed by atoms with Crippen LogP contribution in [0.5, 0.6) is 5.75 Å². The van der Waals surface area contributed by atoms with Gasteiger partial charge in [-0.25, -0.2) is 0 Å². The van der Waals surface area contributed by atoms with Gasteiger partial charge in [-0.05, 0) is 19.1 Å². The van der Waals surface area contributed by atoms with Crippen molar-refractivity contribution in [3.05, 3.63) is 23.2 Å². The number of carbonyl (C=O) groups excluding carboxylic acids is 1. The molecule has 0 aliphatic carbocycles. The van der Waals surface area contributed by atoms with Crippen LogP contribution in [-0.4, -0.2) is 45.5 Å². The van der Waals surface area contributed by atoms with Gasteiger partial charge in [0.1, 0.15) is 12.6 Å². The van der Waals surface area contributed by atoms with Crippen LogP contribution in [0.25, 0.3) is 0 Å². The fourth-order valence-corrected chi connectivity index (χ4v) is 1.81. The van der Waals surface area contributed by atoms with Crippen LogP contribution in [-0.2, 0) is 14.3 Å². The van der Waals surface area contributed by atoms with Crippen molar-refractivity contribution in [2.24, 2.45) is 5.73 Å². The van der Waals surface area contributed by atoms with Crippen LogP contribution in [0.3, 0.4) is 0 Å². The van der Waals surface area contributed by atoms with Crippen LogP contribution in [0, 0.1) is 0 Å². The molecular formula is C14H22Cl2N2O4. The first kappa shape index (κ1) is 20.9. The summed E-state index contributed by atoms with van der Waals surface area (Å²) in [5, 5.41) is 3.09. The molecule has 0 bridgehead atoms. The Bertz CT molecular complexity index is 460. The van der Waals surface area contributed by atoms with Gasteiger partial charge >= 0.3 is 0 Å². The van der Waals surface area contributed by atoms with E-state index >= 15 is 0 Å². The van der Waals surface area contributed by atoms with E-state index in [4.69, 9.17) is 31.5 Å². The minimum Gasteiger partial charge on any atom is -0.487 e. The molecule has 0 spiro atoms. The molecule has 1 amide bonds. The lowest BCUT2D eigenvalue weighted by molar-refractivity contribution is -0.118. The lowest BCUT2D eigenvalue weighted by Gasteiger charge is -2.16. The highest BCUT2D eigenvalue weighted by Crippen LogP contribution is 2.32. The average molecular weight is 353 g/mol. The third-order valence-corrected chi connectivity index (χ3v) is 2.88. The summed E-state index contributed by atoms with van der Waals surface area (Å²) < 4.78 is 15.6. The van der Waals surface area contributed by atoms with Crippen LogP contribution < -0.4 is 15.8 Å². The topological polar surface area (TPSA) is 82.8 Å². The Labute approximate surface area is 141 Å². The molecule has 1 rings (SSSR count). The number of anilines is 1. The largest absolute Gasteiger partial charge is 0.487 e. The van der Waals surface area contributed by atoms with Gasteiger partial charge in [-0.15, -0.1) is 12.4 Å². The number of hydrogen-bond donors (Lipinski definition) is 2. The zero-order chi connectivity index (χ0) is 15.7. The van der Waals surface area contributed by atoms with E-state index in [-0.39, 0.29) is 24.9 Å². The standard InChI is InChI=1S/C14H21ClN2O4.ClH/c1-3-20-7-8-21-13-10(15)5-4-6-12(13)17-14(18)11(16)9-19-2;/h4-6,11H,3,7-9,16H2,1-2H3,(H,17,18);1H. The number of carbonyl (C=O) groups is 1. The molecule has 1 unspecified atom stereocenters. The molecule has 0 saturated carbocycles. The van der Waals surface area contributed by atoms with E-state index in [1.807, 2.05) is 6.92 Å². The first-order valence-electron chi connectivity index (χ1n) is 6.64. The van der Waals surface area contributed by atoms with E-state index in [0.717, 1.165) is 0 Å². The Morgan fingerprint density at radius 3 is 2.77 bits per heavy atom. The number of nitrogens with one attached hydrogen (secondary N) is 1. The number of hydrogen-bond acceptors (Lipinski definition) is 5. The molecule has 1 atom stereocenters. The molecule has 3 N–H and O–H groups in total. The highest BCUT2D eigenvalue weighted by molar-refractivity contribution is 6.32. The molecular weight excluding hydrogens is 331 g/mol. The quantitative estimate of drug-likeness (QED) is 0.665. The summed E-state index contributed by atoms with van der Waals surface area (Å²) in [7, 11) is 1.48. The molecule has 22 heavy (non-hydrogen) atoms. The van der Waals surface area contributed by atoms with Gasteiger partial charge in [0, 0.05) is 13.7 Å². The average Bonchev–Trinajstić information content (AvgIpc) is 2.46. The van der Waals surface area contributed by atoms with E-state index in [0.29, 0.717) is 36.3 Å². The Morgan fingerprint density at radius 2 is 2.14 bits per heavy atom. The predicted octanol–water partition coefficient (Wildman–Crippen LogP) is 2.09. The first-order chi connectivity index (χ1) is 10.1. The number of rotatable bonds is 9. The van der Waals surface area contributed by atoms with Crippen molar-refractivity contribution < 1.29 is 19.0 Å². The maximum Gasteiger partial charge on any atom is 0.243 e. The highest BCUT2D eigenvalue weighted by Gasteiger charge is 2.16. The van der Waals surface area contributed by atoms with Crippen molar-refractivity contribution in [3.63, 3.8) is 0 Å². The minimum absolute atomic E-state index is 0. The summed E-state index contributed by atoms with van der Waals surface area (Å²) in [6.45, 7) is 3.43. The third-order valence-electron chi connectivity index (χ3n) is 2.59. The van der Waals surface area contributed by atoms with Gasteiger partial charge in [-0.1, -0.05) is 17.7 Å². The molecule has 0 heterocycles. The van der Waals surface area contributed by atoms with Gasteiger partial charge in [-0.2, -0.15) is 0 Å². The van der Waals surface area contributed by atoms with Crippen LogP contribution in [0.1, 0.15) is 6.92 Å². The number of methoxy groups -OCH3 is 1. The van der Waals surface area contributed by atoms with Crippen LogP contribution in [0.2, 0.25) is 5.02 Å². The molecule has 8 heteroatoms. The van der Waals surface area contributed by atoms with Crippen LogP contribution in [0.15, 0.2) is 18.2 Å². The van der Waals surface area contributed by atoms with Crippen molar-refractivity contribution in [1.82, 2.24) is 0 Å². The molecule has 0 aromatic heterocycles. The lowest BCUT2D eigenvalue weighted by atomic mass is 10.2. The third kappa shape index (κ3) is 6.81. The number of amides is 1. The Kier molecular flexibility index (Phi) is 11.0. The molecule has 0 fully saturated rings. The second kappa shape index (κ2) is 11.5. The van der Waals surface area contributed by atoms with Crippen molar-refractivity contribution in [2.45, 2.75) is 13.0 Å². The first-order valence-corrected chi connectivity index (χ1v) is 7.02. The summed E-state index contributed by atoms with van der Waals surface area (Å²) in [5.74, 6) is 0.0330. The Morgan fingerprint density at radius 1 is 1.41 bits per heavy atom. The molecule has 1 aromatic carbocycles. The van der Waals surface area contributed by atoms with Crippen LogP contribution >= 0.6 is 24.0 Å². The summed E-state index contributed by atoms with van der Waals surface area (Å²) in [5.41, 5.74) is 6.14. The fourth-order valence-electron chi connectivity index (χ4n) is 1.58. The van der Waals surface area contributed by atoms with Gasteiger partial charge in [0.05, 0.1) is 23.9 Å². The summed E-state index contributed by atoms with van der Waals surface area (Å²) in [4.78, 5) is 11.9. The SMILES string of the molecule is CCOCCOc1c(Cl)cccc1NC(=O)C(N)COC.Cl.